The minimum atomic E-state index is -4.70. The first-order valence-electron chi connectivity index (χ1n) is 4.97. The van der Waals surface area contributed by atoms with E-state index < -0.39 is 21.4 Å². The molecule has 0 saturated carbocycles. The van der Waals surface area contributed by atoms with Crippen molar-refractivity contribution >= 4 is 21.8 Å². The molecule has 2 heterocycles. The van der Waals surface area contributed by atoms with Crippen LogP contribution in [0.3, 0.4) is 0 Å². The number of halogens is 1. The van der Waals surface area contributed by atoms with Crippen LogP contribution in [0.2, 0.25) is 0 Å². The Hall–Kier alpha value is -1.44. The summed E-state index contributed by atoms with van der Waals surface area (Å²) in [4.78, 5) is 12.9. The van der Waals surface area contributed by atoms with Gasteiger partial charge < -0.3 is 9.42 Å². The fourth-order valence-electron chi connectivity index (χ4n) is 1.94. The second-order valence-corrected chi connectivity index (χ2v) is 5.60. The zero-order chi connectivity index (χ0) is 12.8. The minimum absolute atomic E-state index is 0.194. The number of hydrogen-bond donors (Lipinski definition) is 0. The molecule has 1 unspecified atom stereocenters. The first kappa shape index (κ1) is 12.0. The summed E-state index contributed by atoms with van der Waals surface area (Å²) in [6.45, 7) is 3.05. The molecule has 0 aromatic carbocycles. The Morgan fingerprint density at radius 2 is 2.12 bits per heavy atom. The lowest BCUT2D eigenvalue weighted by Gasteiger charge is -2.14. The summed E-state index contributed by atoms with van der Waals surface area (Å²) in [5.41, 5.74) is 0.911. The van der Waals surface area contributed by atoms with Crippen LogP contribution < -0.4 is 4.90 Å². The van der Waals surface area contributed by atoms with Gasteiger partial charge in [0.1, 0.15) is 16.6 Å². The smallest absolute Gasteiger partial charge is 0.307 e. The Morgan fingerprint density at radius 1 is 1.47 bits per heavy atom. The molecule has 0 radical (unpaired) electrons. The van der Waals surface area contributed by atoms with Crippen LogP contribution in [0.1, 0.15) is 17.9 Å². The summed E-state index contributed by atoms with van der Waals surface area (Å²) in [5.74, 6) is -0.0293. The van der Waals surface area contributed by atoms with Crippen molar-refractivity contribution in [2.45, 2.75) is 25.5 Å². The number of carbonyl (C=O) groups is 1. The summed E-state index contributed by atoms with van der Waals surface area (Å²) >= 11 is 0. The van der Waals surface area contributed by atoms with Gasteiger partial charge in [-0.05, 0) is 13.8 Å². The minimum Gasteiger partial charge on any atom is -0.359 e. The van der Waals surface area contributed by atoms with Gasteiger partial charge in [0.2, 0.25) is 5.91 Å². The molecule has 17 heavy (non-hydrogen) atoms. The quantitative estimate of drug-likeness (QED) is 0.733. The highest BCUT2D eigenvalue weighted by Crippen LogP contribution is 2.30. The number of nitrogens with zero attached hydrogens (tertiary/aromatic N) is 2. The molecule has 0 N–H and O–H groups in total. The van der Waals surface area contributed by atoms with Crippen LogP contribution in [0.5, 0.6) is 0 Å². The fourth-order valence-corrected chi connectivity index (χ4v) is 2.61. The molecule has 94 valence electrons. The molecule has 1 atom stereocenters. The van der Waals surface area contributed by atoms with Crippen LogP contribution in [0.25, 0.3) is 0 Å². The summed E-state index contributed by atoms with van der Waals surface area (Å²) in [6, 6.07) is 0. The summed E-state index contributed by atoms with van der Waals surface area (Å²) in [7, 11) is -4.70. The molecule has 1 fully saturated rings. The molecule has 0 bridgehead atoms. The lowest BCUT2D eigenvalue weighted by molar-refractivity contribution is -0.117. The van der Waals surface area contributed by atoms with Gasteiger partial charge in [0.15, 0.2) is 5.76 Å². The van der Waals surface area contributed by atoms with Crippen LogP contribution in [0, 0.1) is 13.8 Å². The molecule has 8 heteroatoms. The Labute approximate surface area is 97.6 Å². The number of carbonyl (C=O) groups excluding carboxylic acids is 1. The normalized spacial score (nSPS) is 21.2. The van der Waals surface area contributed by atoms with Crippen molar-refractivity contribution in [3.05, 3.63) is 11.5 Å². The number of aromatic nitrogens is 1. The van der Waals surface area contributed by atoms with E-state index >= 15 is 0 Å². The Balaban J connectivity index is 2.34. The van der Waals surface area contributed by atoms with Gasteiger partial charge in [-0.1, -0.05) is 5.16 Å². The topological polar surface area (TPSA) is 80.5 Å². The first-order chi connectivity index (χ1) is 7.80. The average Bonchev–Trinajstić information content (AvgIpc) is 2.70. The number of aryl methyl sites for hydroxylation is 2. The van der Waals surface area contributed by atoms with Gasteiger partial charge in [0.05, 0.1) is 0 Å². The molecular formula is C9H11FN2O4S. The molecule has 1 aromatic heterocycles. The third-order valence-electron chi connectivity index (χ3n) is 2.75. The van der Waals surface area contributed by atoms with Crippen LogP contribution in [-0.2, 0) is 15.0 Å². The highest BCUT2D eigenvalue weighted by molar-refractivity contribution is 7.87. The lowest BCUT2D eigenvalue weighted by atomic mass is 10.3. The van der Waals surface area contributed by atoms with E-state index in [1.165, 1.54) is 4.90 Å². The molecule has 1 aliphatic heterocycles. The fraction of sp³-hybridized carbons (Fsp3) is 0.556. The van der Waals surface area contributed by atoms with E-state index in [0.717, 1.165) is 0 Å². The number of rotatable bonds is 2. The maximum absolute atomic E-state index is 12.8. The van der Waals surface area contributed by atoms with Crippen molar-refractivity contribution < 1.29 is 21.6 Å². The number of hydrogen-bond acceptors (Lipinski definition) is 5. The maximum atomic E-state index is 12.8. The molecule has 2 rings (SSSR count). The monoisotopic (exact) mass is 262 g/mol. The molecule has 1 aliphatic rings. The van der Waals surface area contributed by atoms with Gasteiger partial charge in [-0.15, -0.1) is 3.89 Å². The summed E-state index contributed by atoms with van der Waals surface area (Å²) in [5, 5.41) is 2.37. The van der Waals surface area contributed by atoms with Gasteiger partial charge in [-0.3, -0.25) is 4.79 Å². The largest absolute Gasteiger partial charge is 0.359 e. The Kier molecular flexibility index (Phi) is 2.69. The maximum Gasteiger partial charge on any atom is 0.307 e. The molecule has 0 aliphatic carbocycles. The molecule has 1 aromatic rings. The third kappa shape index (κ3) is 2.04. The standard InChI is InChI=1S/C9H11FN2O4S/c1-5-9(6(2)16-11-5)12-4-7(3-8(12)13)17(10,14)15/h7H,3-4H2,1-2H3. The second-order valence-electron chi connectivity index (χ2n) is 3.98. The van der Waals surface area contributed by atoms with E-state index in [-0.39, 0.29) is 13.0 Å². The molecule has 1 saturated heterocycles. The van der Waals surface area contributed by atoms with Crippen molar-refractivity contribution in [1.82, 2.24) is 5.16 Å². The number of amides is 1. The summed E-state index contributed by atoms with van der Waals surface area (Å²) < 4.78 is 39.3. The average molecular weight is 262 g/mol. The zero-order valence-corrected chi connectivity index (χ0v) is 10.1. The van der Waals surface area contributed by atoms with Gasteiger partial charge in [0.25, 0.3) is 0 Å². The van der Waals surface area contributed by atoms with E-state index in [9.17, 15) is 17.1 Å². The highest BCUT2D eigenvalue weighted by atomic mass is 32.3. The summed E-state index contributed by atoms with van der Waals surface area (Å²) in [6.07, 6.45) is -0.344. The van der Waals surface area contributed by atoms with Gasteiger partial charge in [0, 0.05) is 13.0 Å². The van der Waals surface area contributed by atoms with Crippen LogP contribution >= 0.6 is 0 Å². The van der Waals surface area contributed by atoms with E-state index in [1.807, 2.05) is 0 Å². The molecular weight excluding hydrogens is 251 g/mol. The Bertz CT molecular complexity index is 546. The van der Waals surface area contributed by atoms with Crippen molar-refractivity contribution in [3.8, 4) is 0 Å². The van der Waals surface area contributed by atoms with Crippen molar-refractivity contribution in [1.29, 1.82) is 0 Å². The molecule has 1 amide bonds. The first-order valence-corrected chi connectivity index (χ1v) is 6.42. The van der Waals surface area contributed by atoms with Crippen LogP contribution in [0.4, 0.5) is 9.57 Å². The van der Waals surface area contributed by atoms with Gasteiger partial charge >= 0.3 is 10.2 Å². The van der Waals surface area contributed by atoms with Crippen molar-refractivity contribution in [2.75, 3.05) is 11.4 Å². The predicted molar refractivity (Wildman–Crippen MR) is 56.8 cm³/mol. The zero-order valence-electron chi connectivity index (χ0n) is 9.31. The predicted octanol–water partition coefficient (Wildman–Crippen LogP) is 0.696. The Morgan fingerprint density at radius 3 is 2.53 bits per heavy atom. The second kappa shape index (κ2) is 3.80. The van der Waals surface area contributed by atoms with Crippen LogP contribution in [-0.4, -0.2) is 31.3 Å². The molecule has 6 nitrogen and oxygen atoms in total. The molecule has 0 spiro atoms. The lowest BCUT2D eigenvalue weighted by Crippen LogP contribution is -2.27. The van der Waals surface area contributed by atoms with Gasteiger partial charge in [-0.25, -0.2) is 0 Å². The van der Waals surface area contributed by atoms with Crippen LogP contribution in [0.15, 0.2) is 4.52 Å². The van der Waals surface area contributed by atoms with E-state index in [2.05, 4.69) is 5.16 Å². The third-order valence-corrected chi connectivity index (χ3v) is 3.87. The SMILES string of the molecule is Cc1noc(C)c1N1CC(S(=O)(=O)F)CC1=O. The highest BCUT2D eigenvalue weighted by Gasteiger charge is 2.40. The van der Waals surface area contributed by atoms with E-state index in [4.69, 9.17) is 4.52 Å². The van der Waals surface area contributed by atoms with Gasteiger partial charge in [-0.2, -0.15) is 8.42 Å². The van der Waals surface area contributed by atoms with Crippen molar-refractivity contribution in [2.24, 2.45) is 0 Å². The number of anilines is 1. The van der Waals surface area contributed by atoms with E-state index in [0.29, 0.717) is 17.1 Å². The van der Waals surface area contributed by atoms with E-state index in [1.54, 1.807) is 13.8 Å². The van der Waals surface area contributed by atoms with Crippen molar-refractivity contribution in [3.63, 3.8) is 0 Å².